The molecule has 3 amide bonds. The molecule has 1 fully saturated rings. The first kappa shape index (κ1) is 18.4. The second-order valence-corrected chi connectivity index (χ2v) is 7.84. The van der Waals surface area contributed by atoms with Crippen LogP contribution in [-0.2, 0) is 16.1 Å². The third kappa shape index (κ3) is 2.80. The molecule has 10 heteroatoms. The Morgan fingerprint density at radius 2 is 1.91 bits per heavy atom. The van der Waals surface area contributed by atoms with E-state index in [0.717, 1.165) is 11.2 Å². The van der Waals surface area contributed by atoms with E-state index in [1.54, 1.807) is 23.0 Å². The summed E-state index contributed by atoms with van der Waals surface area (Å²) in [4.78, 5) is 42.9. The van der Waals surface area contributed by atoms with Gasteiger partial charge in [0.1, 0.15) is 23.1 Å². The van der Waals surface area contributed by atoms with Crippen LogP contribution in [0, 0.1) is 0 Å². The highest BCUT2D eigenvalue weighted by Gasteiger charge is 2.40. The quantitative estimate of drug-likeness (QED) is 0.494. The highest BCUT2D eigenvalue weighted by Crippen LogP contribution is 2.31. The predicted molar refractivity (Wildman–Crippen MR) is 112 cm³/mol. The van der Waals surface area contributed by atoms with E-state index < -0.39 is 11.9 Å². The number of carbonyl (C=O) groups is 3. The van der Waals surface area contributed by atoms with E-state index in [9.17, 15) is 14.4 Å². The first-order chi connectivity index (χ1) is 15.6. The monoisotopic (exact) mass is 427 g/mol. The highest BCUT2D eigenvalue weighted by atomic mass is 16.2. The van der Waals surface area contributed by atoms with Gasteiger partial charge in [0.2, 0.25) is 11.8 Å². The number of benzene rings is 1. The Morgan fingerprint density at radius 3 is 2.75 bits per heavy atom. The molecule has 2 aliphatic rings. The minimum Gasteiger partial charge on any atom is -0.322 e. The minimum atomic E-state index is -0.662. The SMILES string of the molecule is O=C1CCC(N2Cc3c(cccc3-n3cc(-c4cn5ccccc5n4)nn3)C2=O)C(=O)N1. The smallest absolute Gasteiger partial charge is 0.255 e. The van der Waals surface area contributed by atoms with Crippen LogP contribution in [0.4, 0.5) is 0 Å². The molecule has 3 aromatic heterocycles. The Hall–Kier alpha value is -4.34. The summed E-state index contributed by atoms with van der Waals surface area (Å²) in [7, 11) is 0. The molecule has 1 atom stereocenters. The number of amides is 3. The van der Waals surface area contributed by atoms with E-state index in [2.05, 4.69) is 20.6 Å². The number of imide groups is 1. The number of aromatic nitrogens is 5. The Balaban J connectivity index is 1.34. The topological polar surface area (TPSA) is 114 Å². The molecule has 2 aliphatic heterocycles. The van der Waals surface area contributed by atoms with Crippen LogP contribution < -0.4 is 5.32 Å². The number of imidazole rings is 1. The number of fused-ring (bicyclic) bond motifs is 2. The summed E-state index contributed by atoms with van der Waals surface area (Å²) < 4.78 is 3.53. The molecule has 1 unspecified atom stereocenters. The second kappa shape index (κ2) is 6.84. The Bertz CT molecular complexity index is 1390. The van der Waals surface area contributed by atoms with Crippen molar-refractivity contribution in [2.75, 3.05) is 0 Å². The van der Waals surface area contributed by atoms with E-state index in [1.807, 2.05) is 41.1 Å². The van der Waals surface area contributed by atoms with Gasteiger partial charge in [0.05, 0.1) is 11.9 Å². The van der Waals surface area contributed by atoms with E-state index in [0.29, 0.717) is 29.1 Å². The van der Waals surface area contributed by atoms with Crippen LogP contribution in [0.25, 0.3) is 22.7 Å². The lowest BCUT2D eigenvalue weighted by Crippen LogP contribution is -2.52. The maximum absolute atomic E-state index is 13.0. The first-order valence-corrected chi connectivity index (χ1v) is 10.2. The Kier molecular flexibility index (Phi) is 3.94. The van der Waals surface area contributed by atoms with Gasteiger partial charge in [-0.2, -0.15) is 0 Å². The van der Waals surface area contributed by atoms with E-state index in [4.69, 9.17) is 0 Å². The van der Waals surface area contributed by atoms with E-state index in [-0.39, 0.29) is 24.8 Å². The summed E-state index contributed by atoms with van der Waals surface area (Å²) in [5.41, 5.74) is 4.12. The normalized spacial score (nSPS) is 18.3. The number of hydrogen-bond acceptors (Lipinski definition) is 6. The molecule has 1 aromatic carbocycles. The number of carbonyl (C=O) groups excluding carboxylic acids is 3. The largest absolute Gasteiger partial charge is 0.322 e. The van der Waals surface area contributed by atoms with Gasteiger partial charge in [0.25, 0.3) is 5.91 Å². The third-order valence-corrected chi connectivity index (χ3v) is 5.92. The van der Waals surface area contributed by atoms with Crippen molar-refractivity contribution < 1.29 is 14.4 Å². The molecule has 10 nitrogen and oxygen atoms in total. The summed E-state index contributed by atoms with van der Waals surface area (Å²) in [6.45, 7) is 0.264. The number of rotatable bonds is 3. The number of piperidine rings is 1. The zero-order chi connectivity index (χ0) is 21.8. The van der Waals surface area contributed by atoms with Crippen LogP contribution in [0.15, 0.2) is 55.0 Å². The zero-order valence-electron chi connectivity index (χ0n) is 16.8. The molecule has 0 radical (unpaired) electrons. The van der Waals surface area contributed by atoms with Crippen molar-refractivity contribution in [3.8, 4) is 17.1 Å². The van der Waals surface area contributed by atoms with Crippen LogP contribution in [0.1, 0.15) is 28.8 Å². The highest BCUT2D eigenvalue weighted by molar-refractivity contribution is 6.05. The van der Waals surface area contributed by atoms with Crippen LogP contribution in [0.5, 0.6) is 0 Å². The van der Waals surface area contributed by atoms with Gasteiger partial charge in [-0.1, -0.05) is 17.3 Å². The molecule has 158 valence electrons. The molecule has 0 aliphatic carbocycles. The van der Waals surface area contributed by atoms with Gasteiger partial charge in [-0.3, -0.25) is 19.7 Å². The van der Waals surface area contributed by atoms with Crippen molar-refractivity contribution in [1.82, 2.24) is 34.6 Å². The summed E-state index contributed by atoms with van der Waals surface area (Å²) in [5.74, 6) is -0.964. The van der Waals surface area contributed by atoms with Crippen molar-refractivity contribution in [1.29, 1.82) is 0 Å². The maximum atomic E-state index is 13.0. The van der Waals surface area contributed by atoms with Gasteiger partial charge >= 0.3 is 0 Å². The van der Waals surface area contributed by atoms with Gasteiger partial charge in [0, 0.05) is 36.5 Å². The van der Waals surface area contributed by atoms with E-state index >= 15 is 0 Å². The lowest BCUT2D eigenvalue weighted by atomic mass is 10.0. The molecule has 4 aromatic rings. The third-order valence-electron chi connectivity index (χ3n) is 5.92. The van der Waals surface area contributed by atoms with Crippen molar-refractivity contribution in [2.24, 2.45) is 0 Å². The van der Waals surface area contributed by atoms with Crippen molar-refractivity contribution in [2.45, 2.75) is 25.4 Å². The molecular formula is C22H17N7O3. The number of nitrogens with one attached hydrogen (secondary N) is 1. The lowest BCUT2D eigenvalue weighted by molar-refractivity contribution is -0.136. The molecular weight excluding hydrogens is 410 g/mol. The predicted octanol–water partition coefficient (Wildman–Crippen LogP) is 1.34. The maximum Gasteiger partial charge on any atom is 0.255 e. The number of pyridine rings is 1. The fraction of sp³-hybridized carbons (Fsp3) is 0.182. The molecule has 5 heterocycles. The van der Waals surface area contributed by atoms with Gasteiger partial charge in [-0.15, -0.1) is 5.10 Å². The van der Waals surface area contributed by atoms with Crippen LogP contribution in [-0.4, -0.2) is 53.0 Å². The minimum absolute atomic E-state index is 0.217. The Morgan fingerprint density at radius 1 is 1.00 bits per heavy atom. The van der Waals surface area contributed by atoms with Gasteiger partial charge in [0.15, 0.2) is 0 Å². The van der Waals surface area contributed by atoms with E-state index in [1.165, 1.54) is 4.90 Å². The van der Waals surface area contributed by atoms with Crippen molar-refractivity contribution in [3.05, 3.63) is 66.1 Å². The van der Waals surface area contributed by atoms with Crippen LogP contribution >= 0.6 is 0 Å². The fourth-order valence-corrected chi connectivity index (χ4v) is 4.34. The van der Waals surface area contributed by atoms with Gasteiger partial charge in [-0.05, 0) is 30.7 Å². The molecule has 0 bridgehead atoms. The molecule has 1 N–H and O–H groups in total. The second-order valence-electron chi connectivity index (χ2n) is 7.84. The Labute approximate surface area is 181 Å². The van der Waals surface area contributed by atoms with Gasteiger partial charge < -0.3 is 9.30 Å². The van der Waals surface area contributed by atoms with Crippen molar-refractivity contribution >= 4 is 23.4 Å². The average molecular weight is 427 g/mol. The lowest BCUT2D eigenvalue weighted by Gasteiger charge is -2.29. The van der Waals surface area contributed by atoms with Crippen LogP contribution in [0.2, 0.25) is 0 Å². The number of hydrogen-bond donors (Lipinski definition) is 1. The number of nitrogens with zero attached hydrogens (tertiary/aromatic N) is 6. The summed E-state index contributed by atoms with van der Waals surface area (Å²) >= 11 is 0. The molecule has 0 spiro atoms. The summed E-state index contributed by atoms with van der Waals surface area (Å²) in [6.07, 6.45) is 6.11. The zero-order valence-corrected chi connectivity index (χ0v) is 16.8. The first-order valence-electron chi connectivity index (χ1n) is 10.2. The average Bonchev–Trinajstić information content (AvgIpc) is 3.51. The van der Waals surface area contributed by atoms with Gasteiger partial charge in [-0.25, -0.2) is 9.67 Å². The standard InChI is InChI=1S/C22H17N7O3/c30-20-8-7-18(21(31)24-20)28-10-14-13(22(28)32)4-3-5-17(14)29-12-16(25-26-29)15-11-27-9-2-1-6-19(27)23-15/h1-6,9,11-12,18H,7-8,10H2,(H,24,30,31). The fourth-order valence-electron chi connectivity index (χ4n) is 4.34. The van der Waals surface area contributed by atoms with Crippen molar-refractivity contribution in [3.63, 3.8) is 0 Å². The molecule has 1 saturated heterocycles. The molecule has 6 rings (SSSR count). The molecule has 0 saturated carbocycles. The van der Waals surface area contributed by atoms with Crippen LogP contribution in [0.3, 0.4) is 0 Å². The molecule has 32 heavy (non-hydrogen) atoms. The summed E-state index contributed by atoms with van der Waals surface area (Å²) in [6, 6.07) is 10.5. The summed E-state index contributed by atoms with van der Waals surface area (Å²) in [5, 5.41) is 10.9.